The Kier molecular flexibility index (Phi) is 3.55. The highest BCUT2D eigenvalue weighted by molar-refractivity contribution is 7.11. The van der Waals surface area contributed by atoms with E-state index in [2.05, 4.69) is 5.32 Å². The zero-order valence-corrected chi connectivity index (χ0v) is 8.58. The zero-order valence-electron chi connectivity index (χ0n) is 6.25. The minimum atomic E-state index is -1.12. The molecule has 1 amide bonds. The van der Waals surface area contributed by atoms with Crippen molar-refractivity contribution < 1.29 is 4.79 Å². The lowest BCUT2D eigenvalue weighted by Gasteiger charge is -2.02. The summed E-state index contributed by atoms with van der Waals surface area (Å²) in [5.74, 6) is -0.529. The molecule has 0 radical (unpaired) electrons. The Morgan fingerprint density at radius 1 is 1.69 bits per heavy atom. The Hall–Kier alpha value is -0.760. The summed E-state index contributed by atoms with van der Waals surface area (Å²) in [7, 11) is 0. The number of hydrogen-bond donors (Lipinski definition) is 1. The van der Waals surface area contributed by atoms with Crippen LogP contribution < -0.4 is 5.32 Å². The summed E-state index contributed by atoms with van der Waals surface area (Å²) < 4.78 is 0. The number of hydrogen-bond acceptors (Lipinski definition) is 3. The molecule has 0 aliphatic rings. The van der Waals surface area contributed by atoms with E-state index in [0.717, 1.165) is 0 Å². The van der Waals surface area contributed by atoms with Crippen LogP contribution in [0.4, 0.5) is 5.69 Å². The van der Waals surface area contributed by atoms with E-state index >= 15 is 0 Å². The third-order valence-electron chi connectivity index (χ3n) is 1.22. The van der Waals surface area contributed by atoms with Crippen molar-refractivity contribution in [2.75, 3.05) is 5.32 Å². The van der Waals surface area contributed by atoms with Crippen LogP contribution in [0.5, 0.6) is 0 Å². The van der Waals surface area contributed by atoms with Crippen molar-refractivity contribution >= 4 is 46.1 Å². The van der Waals surface area contributed by atoms with Gasteiger partial charge in [0.2, 0.25) is 0 Å². The maximum Gasteiger partial charge on any atom is 0.257 e. The topological polar surface area (TPSA) is 52.9 Å². The van der Waals surface area contributed by atoms with Crippen LogP contribution in [0.3, 0.4) is 0 Å². The van der Waals surface area contributed by atoms with Gasteiger partial charge in [0.05, 0.1) is 5.69 Å². The van der Waals surface area contributed by atoms with Gasteiger partial charge in [-0.15, -0.1) is 11.3 Å². The fourth-order valence-corrected chi connectivity index (χ4v) is 1.43. The van der Waals surface area contributed by atoms with Gasteiger partial charge in [0, 0.05) is 0 Å². The molecular weight excluding hydrogens is 231 g/mol. The summed E-state index contributed by atoms with van der Waals surface area (Å²) >= 11 is 11.9. The standard InChI is InChI=1S/C7H4Cl2N2OS/c8-6(9)7(12)11-4-1-2-13-5(4)3-10/h1-2,6H,(H,11,12). The van der Waals surface area contributed by atoms with Crippen LogP contribution in [0.25, 0.3) is 0 Å². The van der Waals surface area contributed by atoms with Gasteiger partial charge in [0.1, 0.15) is 10.9 Å². The number of thiophene rings is 1. The molecule has 13 heavy (non-hydrogen) atoms. The lowest BCUT2D eigenvalue weighted by Crippen LogP contribution is -2.18. The molecule has 1 aromatic rings. The number of halogens is 2. The second-order valence-electron chi connectivity index (χ2n) is 2.07. The Morgan fingerprint density at radius 2 is 2.38 bits per heavy atom. The average molecular weight is 235 g/mol. The van der Waals surface area contributed by atoms with E-state index in [0.29, 0.717) is 10.6 Å². The van der Waals surface area contributed by atoms with E-state index < -0.39 is 10.7 Å². The molecule has 0 aliphatic heterocycles. The molecule has 0 spiro atoms. The van der Waals surface area contributed by atoms with Crippen LogP contribution in [0.1, 0.15) is 4.88 Å². The van der Waals surface area contributed by atoms with E-state index in [1.807, 2.05) is 6.07 Å². The maximum absolute atomic E-state index is 11.0. The number of amides is 1. The minimum Gasteiger partial charge on any atom is -0.322 e. The second kappa shape index (κ2) is 4.47. The molecule has 1 heterocycles. The predicted molar refractivity (Wildman–Crippen MR) is 53.2 cm³/mol. The van der Waals surface area contributed by atoms with E-state index in [1.54, 1.807) is 11.4 Å². The van der Waals surface area contributed by atoms with Crippen LogP contribution in [0, 0.1) is 11.3 Å². The van der Waals surface area contributed by atoms with Gasteiger partial charge in [-0.3, -0.25) is 4.79 Å². The first-order valence-corrected chi connectivity index (χ1v) is 4.97. The number of rotatable bonds is 2. The van der Waals surface area contributed by atoms with Crippen LogP contribution in [0.2, 0.25) is 0 Å². The molecule has 0 saturated heterocycles. The largest absolute Gasteiger partial charge is 0.322 e. The summed E-state index contributed by atoms with van der Waals surface area (Å²) in [4.78, 5) is 10.3. The summed E-state index contributed by atoms with van der Waals surface area (Å²) in [5, 5.41) is 12.7. The van der Waals surface area contributed by atoms with Crippen molar-refractivity contribution in [2.24, 2.45) is 0 Å². The normalized spacial score (nSPS) is 9.69. The number of carbonyl (C=O) groups is 1. The molecule has 0 bridgehead atoms. The van der Waals surface area contributed by atoms with Gasteiger partial charge < -0.3 is 5.32 Å². The van der Waals surface area contributed by atoms with Crippen molar-refractivity contribution in [1.29, 1.82) is 5.26 Å². The number of nitriles is 1. The van der Waals surface area contributed by atoms with Gasteiger partial charge in [-0.1, -0.05) is 23.2 Å². The molecule has 1 N–H and O–H groups in total. The first-order valence-electron chi connectivity index (χ1n) is 3.21. The molecule has 0 aromatic carbocycles. The van der Waals surface area contributed by atoms with Gasteiger partial charge in [-0.25, -0.2) is 0 Å². The van der Waals surface area contributed by atoms with Gasteiger partial charge in [-0.2, -0.15) is 5.26 Å². The Balaban J connectivity index is 2.76. The summed E-state index contributed by atoms with van der Waals surface area (Å²) in [6, 6.07) is 3.56. The molecule has 0 fully saturated rings. The monoisotopic (exact) mass is 234 g/mol. The van der Waals surface area contributed by atoms with Gasteiger partial charge >= 0.3 is 0 Å². The Labute approximate surface area is 88.9 Å². The smallest absolute Gasteiger partial charge is 0.257 e. The Bertz CT molecular complexity index is 356. The van der Waals surface area contributed by atoms with Crippen molar-refractivity contribution in [3.05, 3.63) is 16.3 Å². The number of nitrogens with one attached hydrogen (secondary N) is 1. The molecule has 3 nitrogen and oxygen atoms in total. The quantitative estimate of drug-likeness (QED) is 0.800. The first-order chi connectivity index (χ1) is 6.15. The van der Waals surface area contributed by atoms with E-state index in [4.69, 9.17) is 28.5 Å². The SMILES string of the molecule is N#Cc1sccc1NC(=O)C(Cl)Cl. The summed E-state index contributed by atoms with van der Waals surface area (Å²) in [6.07, 6.45) is 0. The second-order valence-corrected chi connectivity index (χ2v) is 4.08. The highest BCUT2D eigenvalue weighted by Gasteiger charge is 2.13. The Morgan fingerprint density at radius 3 is 2.92 bits per heavy atom. The first kappa shape index (κ1) is 10.3. The number of alkyl halides is 2. The van der Waals surface area contributed by atoms with Crippen LogP contribution in [-0.4, -0.2) is 10.7 Å². The minimum absolute atomic E-state index is 0.433. The van der Waals surface area contributed by atoms with Crippen molar-refractivity contribution in [3.8, 4) is 6.07 Å². The molecule has 1 aromatic heterocycles. The van der Waals surface area contributed by atoms with Gasteiger partial charge in [-0.05, 0) is 11.4 Å². The fraction of sp³-hybridized carbons (Fsp3) is 0.143. The van der Waals surface area contributed by atoms with Crippen LogP contribution in [0.15, 0.2) is 11.4 Å². The molecule has 0 atom stereocenters. The lowest BCUT2D eigenvalue weighted by atomic mass is 10.4. The number of nitrogens with zero attached hydrogens (tertiary/aromatic N) is 1. The average Bonchev–Trinajstić information content (AvgIpc) is 2.51. The van der Waals surface area contributed by atoms with Crippen molar-refractivity contribution in [3.63, 3.8) is 0 Å². The third kappa shape index (κ3) is 2.59. The molecular formula is C7H4Cl2N2OS. The third-order valence-corrected chi connectivity index (χ3v) is 2.44. The van der Waals surface area contributed by atoms with Gasteiger partial charge in [0.15, 0.2) is 4.84 Å². The summed E-state index contributed by atoms with van der Waals surface area (Å²) in [6.45, 7) is 0. The van der Waals surface area contributed by atoms with Gasteiger partial charge in [0.25, 0.3) is 5.91 Å². The number of anilines is 1. The predicted octanol–water partition coefficient (Wildman–Crippen LogP) is 2.36. The summed E-state index contributed by atoms with van der Waals surface area (Å²) in [5.41, 5.74) is 0.448. The highest BCUT2D eigenvalue weighted by atomic mass is 35.5. The van der Waals surface area contributed by atoms with Crippen molar-refractivity contribution in [2.45, 2.75) is 4.84 Å². The fourth-order valence-electron chi connectivity index (χ4n) is 0.682. The van der Waals surface area contributed by atoms with Crippen molar-refractivity contribution in [1.82, 2.24) is 0 Å². The maximum atomic E-state index is 11.0. The van der Waals surface area contributed by atoms with E-state index in [9.17, 15) is 4.79 Å². The molecule has 0 saturated carbocycles. The van der Waals surface area contributed by atoms with E-state index in [-0.39, 0.29) is 0 Å². The molecule has 6 heteroatoms. The molecule has 68 valence electrons. The zero-order chi connectivity index (χ0) is 9.84. The molecule has 1 rings (SSSR count). The van der Waals surface area contributed by atoms with Crippen LogP contribution >= 0.6 is 34.5 Å². The van der Waals surface area contributed by atoms with Crippen LogP contribution in [-0.2, 0) is 4.79 Å². The lowest BCUT2D eigenvalue weighted by molar-refractivity contribution is -0.114. The molecule has 0 aliphatic carbocycles. The van der Waals surface area contributed by atoms with E-state index in [1.165, 1.54) is 11.3 Å². The molecule has 0 unspecified atom stereocenters. The number of carbonyl (C=O) groups excluding carboxylic acids is 1. The highest BCUT2D eigenvalue weighted by Crippen LogP contribution is 2.21.